The minimum Gasteiger partial charge on any atom is -0.359 e. The van der Waals surface area contributed by atoms with Gasteiger partial charge in [0.2, 0.25) is 5.91 Å². The van der Waals surface area contributed by atoms with Gasteiger partial charge in [-0.25, -0.2) is 4.79 Å². The molecule has 1 unspecified atom stereocenters. The fraction of sp³-hybridized carbons (Fsp3) is 0.867. The second-order valence-corrected chi connectivity index (χ2v) is 8.30. The van der Waals surface area contributed by atoms with Crippen molar-refractivity contribution in [2.75, 3.05) is 12.8 Å². The van der Waals surface area contributed by atoms with Crippen LogP contribution in [0.25, 0.3) is 0 Å². The first-order valence-electron chi connectivity index (χ1n) is 8.02. The van der Waals surface area contributed by atoms with E-state index in [1.54, 1.807) is 7.05 Å². The molecule has 116 valence electrons. The smallest absolute Gasteiger partial charge is 0.315 e. The monoisotopic (exact) mass is 309 g/mol. The van der Waals surface area contributed by atoms with Crippen LogP contribution in [0.5, 0.6) is 0 Å². The average molecular weight is 309 g/mol. The standard InChI is InChI=1S/C15H23N3O2S/c1-16-11(19)5-3-2-4-10-12-15(8-21-10,18-13(20)17-12)14-6-9(14)7-14/h9-10,12H,2-8H2,1H3,(H,16,19)(H2,17,18,20)/t9?,10?,12-,14?,15+/m1/s1. The van der Waals surface area contributed by atoms with Gasteiger partial charge in [0.05, 0.1) is 11.6 Å². The van der Waals surface area contributed by atoms with Gasteiger partial charge in [-0.3, -0.25) is 4.79 Å². The number of fused-ring (bicyclic) bond motifs is 3. The van der Waals surface area contributed by atoms with Crippen molar-refractivity contribution in [3.8, 4) is 0 Å². The molecular formula is C15H23N3O2S. The molecule has 2 aliphatic heterocycles. The maximum atomic E-state index is 11.9. The van der Waals surface area contributed by atoms with E-state index >= 15 is 0 Å². The normalized spacial score (nSPS) is 45.4. The Morgan fingerprint density at radius 1 is 1.43 bits per heavy atom. The number of rotatable bonds is 6. The van der Waals surface area contributed by atoms with E-state index in [1.165, 1.54) is 12.8 Å². The molecule has 0 aromatic rings. The second-order valence-electron chi connectivity index (χ2n) is 7.08. The van der Waals surface area contributed by atoms with E-state index in [-0.39, 0.29) is 17.5 Å². The topological polar surface area (TPSA) is 70.2 Å². The fourth-order valence-corrected chi connectivity index (χ4v) is 6.31. The van der Waals surface area contributed by atoms with E-state index in [0.29, 0.717) is 23.1 Å². The summed E-state index contributed by atoms with van der Waals surface area (Å²) in [7, 11) is 1.68. The van der Waals surface area contributed by atoms with E-state index < -0.39 is 0 Å². The molecule has 0 radical (unpaired) electrons. The van der Waals surface area contributed by atoms with E-state index in [0.717, 1.165) is 30.9 Å². The molecule has 6 heteroatoms. The van der Waals surface area contributed by atoms with Gasteiger partial charge in [0, 0.05) is 24.5 Å². The molecule has 0 aromatic carbocycles. The summed E-state index contributed by atoms with van der Waals surface area (Å²) < 4.78 is 0. The van der Waals surface area contributed by atoms with Gasteiger partial charge in [0.1, 0.15) is 0 Å². The van der Waals surface area contributed by atoms with Gasteiger partial charge >= 0.3 is 6.03 Å². The molecule has 0 aromatic heterocycles. The van der Waals surface area contributed by atoms with Crippen LogP contribution in [-0.4, -0.2) is 41.6 Å². The van der Waals surface area contributed by atoms with Crippen molar-refractivity contribution in [2.24, 2.45) is 11.3 Å². The highest BCUT2D eigenvalue weighted by Crippen LogP contribution is 2.82. The number of amides is 3. The summed E-state index contributed by atoms with van der Waals surface area (Å²) in [6.07, 6.45) is 6.33. The van der Waals surface area contributed by atoms with E-state index in [2.05, 4.69) is 16.0 Å². The Balaban J connectivity index is 1.35. The van der Waals surface area contributed by atoms with Gasteiger partial charge < -0.3 is 16.0 Å². The molecule has 3 N–H and O–H groups in total. The van der Waals surface area contributed by atoms with Crippen LogP contribution in [0.4, 0.5) is 4.79 Å². The number of hydrogen-bond donors (Lipinski definition) is 3. The maximum absolute atomic E-state index is 11.9. The number of nitrogens with one attached hydrogen (secondary N) is 3. The highest BCUT2D eigenvalue weighted by Gasteiger charge is 2.83. The Kier molecular flexibility index (Phi) is 2.97. The third-order valence-electron chi connectivity index (χ3n) is 6.04. The number of unbranched alkanes of at least 4 members (excludes halogenated alkanes) is 1. The van der Waals surface area contributed by atoms with Gasteiger partial charge in [0.25, 0.3) is 0 Å². The van der Waals surface area contributed by atoms with Gasteiger partial charge in [-0.2, -0.15) is 11.8 Å². The van der Waals surface area contributed by atoms with Crippen molar-refractivity contribution in [2.45, 2.75) is 55.4 Å². The zero-order valence-corrected chi connectivity index (χ0v) is 13.2. The largest absolute Gasteiger partial charge is 0.359 e. The van der Waals surface area contributed by atoms with Crippen LogP contribution in [0.2, 0.25) is 0 Å². The van der Waals surface area contributed by atoms with Crippen LogP contribution in [-0.2, 0) is 4.79 Å². The van der Waals surface area contributed by atoms with Crippen molar-refractivity contribution in [1.29, 1.82) is 0 Å². The molecule has 0 bridgehead atoms. The molecule has 4 fully saturated rings. The van der Waals surface area contributed by atoms with Gasteiger partial charge in [0.15, 0.2) is 0 Å². The van der Waals surface area contributed by atoms with E-state index in [4.69, 9.17) is 0 Å². The van der Waals surface area contributed by atoms with Crippen LogP contribution in [0, 0.1) is 11.3 Å². The lowest BCUT2D eigenvalue weighted by Gasteiger charge is -2.32. The lowest BCUT2D eigenvalue weighted by atomic mass is 9.80. The highest BCUT2D eigenvalue weighted by molar-refractivity contribution is 8.00. The van der Waals surface area contributed by atoms with Gasteiger partial charge in [-0.15, -0.1) is 0 Å². The zero-order valence-electron chi connectivity index (χ0n) is 12.4. The number of carbonyl (C=O) groups is 2. The number of hydrogen-bond acceptors (Lipinski definition) is 3. The molecule has 4 rings (SSSR count). The summed E-state index contributed by atoms with van der Waals surface area (Å²) in [5, 5.41) is 9.65. The van der Waals surface area contributed by atoms with Crippen LogP contribution in [0.15, 0.2) is 0 Å². The quantitative estimate of drug-likeness (QED) is 0.511. The van der Waals surface area contributed by atoms with Crippen LogP contribution in [0.1, 0.15) is 38.5 Å². The number of urea groups is 1. The predicted octanol–water partition coefficient (Wildman–Crippen LogP) is 1.24. The first-order chi connectivity index (χ1) is 10.1. The first-order valence-corrected chi connectivity index (χ1v) is 9.07. The lowest BCUT2D eigenvalue weighted by molar-refractivity contribution is -0.120. The Labute approximate surface area is 129 Å². The lowest BCUT2D eigenvalue weighted by Crippen LogP contribution is -2.55. The van der Waals surface area contributed by atoms with Gasteiger partial charge in [-0.05, 0) is 37.0 Å². The minimum absolute atomic E-state index is 0.0302. The minimum atomic E-state index is 0.0302. The number of carbonyl (C=O) groups excluding carboxylic acids is 2. The van der Waals surface area contributed by atoms with E-state index in [1.807, 2.05) is 11.8 Å². The summed E-state index contributed by atoms with van der Waals surface area (Å²) in [6.45, 7) is 0. The molecule has 2 aliphatic carbocycles. The zero-order chi connectivity index (χ0) is 14.7. The molecule has 2 saturated carbocycles. The van der Waals surface area contributed by atoms with Crippen molar-refractivity contribution in [3.63, 3.8) is 0 Å². The third-order valence-corrected chi connectivity index (χ3v) is 7.60. The fourth-order valence-electron chi connectivity index (χ4n) is 4.47. The van der Waals surface area contributed by atoms with Gasteiger partial charge in [-0.1, -0.05) is 6.42 Å². The third kappa shape index (κ3) is 1.91. The molecule has 3 amide bonds. The Hall–Kier alpha value is -0.910. The Morgan fingerprint density at radius 3 is 2.86 bits per heavy atom. The van der Waals surface area contributed by atoms with Crippen molar-refractivity contribution >= 4 is 23.7 Å². The summed E-state index contributed by atoms with van der Waals surface area (Å²) in [5.41, 5.74) is 0.478. The summed E-state index contributed by atoms with van der Waals surface area (Å²) in [6, 6.07) is 0.324. The van der Waals surface area contributed by atoms with Crippen molar-refractivity contribution in [3.05, 3.63) is 0 Å². The molecular weight excluding hydrogens is 286 g/mol. The van der Waals surface area contributed by atoms with Crippen LogP contribution < -0.4 is 16.0 Å². The molecule has 2 saturated heterocycles. The van der Waals surface area contributed by atoms with Crippen LogP contribution in [0.3, 0.4) is 0 Å². The molecule has 5 nitrogen and oxygen atoms in total. The van der Waals surface area contributed by atoms with Crippen molar-refractivity contribution in [1.82, 2.24) is 16.0 Å². The maximum Gasteiger partial charge on any atom is 0.315 e. The van der Waals surface area contributed by atoms with Crippen LogP contribution >= 0.6 is 11.8 Å². The Morgan fingerprint density at radius 2 is 2.19 bits per heavy atom. The highest BCUT2D eigenvalue weighted by atomic mass is 32.2. The molecule has 4 aliphatic rings. The summed E-state index contributed by atoms with van der Waals surface area (Å²) in [4.78, 5) is 23.1. The molecule has 0 spiro atoms. The molecule has 21 heavy (non-hydrogen) atoms. The average Bonchev–Trinajstić information content (AvgIpc) is 3.25. The Bertz CT molecular complexity index is 491. The second kappa shape index (κ2) is 4.54. The summed E-state index contributed by atoms with van der Waals surface area (Å²) >= 11 is 2.02. The first kappa shape index (κ1) is 13.7. The van der Waals surface area contributed by atoms with Crippen molar-refractivity contribution < 1.29 is 9.59 Å². The predicted molar refractivity (Wildman–Crippen MR) is 82.1 cm³/mol. The molecule has 2 heterocycles. The molecule has 3 atom stereocenters. The summed E-state index contributed by atoms with van der Waals surface area (Å²) in [5.74, 6) is 2.07. The number of thioether (sulfide) groups is 1. The SMILES string of the molecule is CNC(=O)CCCCC1SC[C@]2(C34CC3C4)NC(=O)N[C@H]12. The van der Waals surface area contributed by atoms with E-state index in [9.17, 15) is 9.59 Å².